The molecule has 8 nitrogen and oxygen atoms in total. The van der Waals surface area contributed by atoms with Crippen molar-refractivity contribution in [2.45, 2.75) is 51.0 Å². The van der Waals surface area contributed by atoms with Gasteiger partial charge in [-0.05, 0) is 44.7 Å². The summed E-state index contributed by atoms with van der Waals surface area (Å²) >= 11 is 1.54. The predicted octanol–water partition coefficient (Wildman–Crippen LogP) is 0.686. The monoisotopic (exact) mass is 409 g/mol. The third kappa shape index (κ3) is 5.47. The van der Waals surface area contributed by atoms with Gasteiger partial charge in [-0.3, -0.25) is 14.4 Å². The van der Waals surface area contributed by atoms with Crippen molar-refractivity contribution < 1.29 is 14.4 Å². The number of carbonyl (C=O) groups is 3. The van der Waals surface area contributed by atoms with Crippen molar-refractivity contribution in [2.24, 2.45) is 16.9 Å². The van der Waals surface area contributed by atoms with Crippen LogP contribution >= 0.6 is 11.8 Å². The van der Waals surface area contributed by atoms with Gasteiger partial charge in [0.1, 0.15) is 6.04 Å². The van der Waals surface area contributed by atoms with E-state index >= 15 is 0 Å². The van der Waals surface area contributed by atoms with Crippen LogP contribution in [0.3, 0.4) is 0 Å². The Morgan fingerprint density at radius 2 is 1.86 bits per heavy atom. The van der Waals surface area contributed by atoms with Crippen LogP contribution < -0.4 is 16.1 Å². The first-order valence-electron chi connectivity index (χ1n) is 10.3. The predicted molar refractivity (Wildman–Crippen MR) is 110 cm³/mol. The van der Waals surface area contributed by atoms with Gasteiger partial charge in [0.25, 0.3) is 0 Å². The highest BCUT2D eigenvalue weighted by molar-refractivity contribution is 8.14. The highest BCUT2D eigenvalue weighted by Gasteiger charge is 2.36. The SMILES string of the molecule is CN1CCS/C1=N\NC(=O)C(=O)C(NC(=O)C1CCCCC1)C1CCNCC1. The number of hydrazone groups is 1. The molecule has 28 heavy (non-hydrogen) atoms. The molecule has 1 unspecified atom stereocenters. The van der Waals surface area contributed by atoms with Gasteiger partial charge in [0, 0.05) is 25.3 Å². The molecule has 3 rings (SSSR count). The largest absolute Gasteiger partial charge is 0.352 e. The van der Waals surface area contributed by atoms with Crippen molar-refractivity contribution in [1.82, 2.24) is 21.0 Å². The molecule has 0 spiro atoms. The Morgan fingerprint density at radius 3 is 2.50 bits per heavy atom. The number of carbonyl (C=O) groups excluding carboxylic acids is 3. The normalized spacial score (nSPS) is 24.2. The van der Waals surface area contributed by atoms with Crippen LogP contribution in [0.25, 0.3) is 0 Å². The fourth-order valence-electron chi connectivity index (χ4n) is 4.10. The summed E-state index contributed by atoms with van der Waals surface area (Å²) in [7, 11) is 1.90. The summed E-state index contributed by atoms with van der Waals surface area (Å²) in [4.78, 5) is 40.1. The van der Waals surface area contributed by atoms with E-state index in [-0.39, 0.29) is 17.7 Å². The third-order valence-corrected chi connectivity index (χ3v) is 6.92. The molecule has 0 aromatic carbocycles. The summed E-state index contributed by atoms with van der Waals surface area (Å²) < 4.78 is 0. The van der Waals surface area contributed by atoms with Crippen LogP contribution in [-0.4, -0.2) is 66.1 Å². The number of ketones is 1. The second-order valence-corrected chi connectivity index (χ2v) is 8.94. The lowest BCUT2D eigenvalue weighted by atomic mass is 9.85. The number of amidine groups is 1. The molecular formula is C19H31N5O3S. The van der Waals surface area contributed by atoms with Gasteiger partial charge < -0.3 is 15.5 Å². The Bertz CT molecular complexity index is 615. The number of thioether (sulfide) groups is 1. The van der Waals surface area contributed by atoms with Crippen LogP contribution in [0.15, 0.2) is 5.10 Å². The maximum absolute atomic E-state index is 12.9. The summed E-state index contributed by atoms with van der Waals surface area (Å²) in [5.41, 5.74) is 2.40. The Hall–Kier alpha value is -1.61. The number of rotatable bonds is 6. The number of amides is 2. The summed E-state index contributed by atoms with van der Waals surface area (Å²) in [6.45, 7) is 2.45. The number of nitrogens with one attached hydrogen (secondary N) is 3. The number of hydrogen-bond donors (Lipinski definition) is 3. The Labute approximate surface area is 170 Å². The van der Waals surface area contributed by atoms with Crippen molar-refractivity contribution in [2.75, 3.05) is 32.4 Å². The topological polar surface area (TPSA) is 103 Å². The second-order valence-electron chi connectivity index (χ2n) is 7.88. The van der Waals surface area contributed by atoms with Gasteiger partial charge in [0.15, 0.2) is 5.17 Å². The first-order valence-corrected chi connectivity index (χ1v) is 11.3. The maximum atomic E-state index is 12.9. The van der Waals surface area contributed by atoms with E-state index in [1.807, 2.05) is 11.9 Å². The molecule has 156 valence electrons. The average molecular weight is 410 g/mol. The summed E-state index contributed by atoms with van der Waals surface area (Å²) in [5.74, 6) is -0.580. The van der Waals surface area contributed by atoms with E-state index in [9.17, 15) is 14.4 Å². The third-order valence-electron chi connectivity index (χ3n) is 5.87. The summed E-state index contributed by atoms with van der Waals surface area (Å²) in [6.07, 6.45) is 6.52. The Balaban J connectivity index is 1.65. The van der Waals surface area contributed by atoms with Gasteiger partial charge in [-0.25, -0.2) is 5.43 Å². The van der Waals surface area contributed by atoms with Crippen molar-refractivity contribution in [1.29, 1.82) is 0 Å². The zero-order valence-corrected chi connectivity index (χ0v) is 17.4. The number of nitrogens with zero attached hydrogens (tertiary/aromatic N) is 2. The van der Waals surface area contributed by atoms with Crippen LogP contribution in [0, 0.1) is 11.8 Å². The fraction of sp³-hybridized carbons (Fsp3) is 0.789. The molecule has 2 heterocycles. The molecule has 2 saturated heterocycles. The van der Waals surface area contributed by atoms with Gasteiger partial charge in [-0.15, -0.1) is 5.10 Å². The highest BCUT2D eigenvalue weighted by Crippen LogP contribution is 2.25. The molecule has 0 aromatic rings. The van der Waals surface area contributed by atoms with Crippen molar-refractivity contribution >= 4 is 34.5 Å². The van der Waals surface area contributed by atoms with Crippen LogP contribution in [-0.2, 0) is 14.4 Å². The minimum atomic E-state index is -0.773. The van der Waals surface area contributed by atoms with Gasteiger partial charge in [0.2, 0.25) is 11.7 Å². The molecule has 3 aliphatic rings. The maximum Gasteiger partial charge on any atom is 0.309 e. The van der Waals surface area contributed by atoms with E-state index < -0.39 is 17.7 Å². The molecule has 3 fully saturated rings. The molecule has 9 heteroatoms. The van der Waals surface area contributed by atoms with Crippen LogP contribution in [0.4, 0.5) is 0 Å². The van der Waals surface area contributed by atoms with Crippen molar-refractivity contribution in [3.8, 4) is 0 Å². The first-order chi connectivity index (χ1) is 13.6. The van der Waals surface area contributed by atoms with Crippen LogP contribution in [0.1, 0.15) is 44.9 Å². The van der Waals surface area contributed by atoms with Gasteiger partial charge in [0.05, 0.1) is 0 Å². The number of Topliss-reactive ketones (excluding diaryl/α,β-unsaturated/α-hetero) is 1. The van der Waals surface area contributed by atoms with Crippen LogP contribution in [0.5, 0.6) is 0 Å². The van der Waals surface area contributed by atoms with Crippen molar-refractivity contribution in [3.05, 3.63) is 0 Å². The molecule has 1 aliphatic carbocycles. The van der Waals surface area contributed by atoms with Gasteiger partial charge >= 0.3 is 5.91 Å². The zero-order valence-electron chi connectivity index (χ0n) is 16.5. The summed E-state index contributed by atoms with van der Waals surface area (Å²) in [5, 5.41) is 11.0. The molecule has 1 saturated carbocycles. The lowest BCUT2D eigenvalue weighted by Crippen LogP contribution is -2.54. The Morgan fingerprint density at radius 1 is 1.14 bits per heavy atom. The molecule has 2 amide bonds. The average Bonchev–Trinajstić information content (AvgIpc) is 3.15. The number of hydrogen-bond acceptors (Lipinski definition) is 6. The minimum absolute atomic E-state index is 0.0248. The minimum Gasteiger partial charge on any atom is -0.352 e. The standard InChI is InChI=1S/C19H31N5O3S/c1-24-11-12-28-19(24)23-22-18(27)16(25)15(13-7-9-20-10-8-13)21-17(26)14-5-3-2-4-6-14/h13-15,20H,2-12H2,1H3,(H,21,26)(H,22,27)/b23-19-. The van der Waals surface area contributed by atoms with Crippen molar-refractivity contribution in [3.63, 3.8) is 0 Å². The van der Waals surface area contributed by atoms with E-state index in [1.165, 1.54) is 0 Å². The van der Waals surface area contributed by atoms with E-state index in [0.717, 1.165) is 70.3 Å². The molecule has 2 aliphatic heterocycles. The molecule has 3 N–H and O–H groups in total. The molecule has 0 radical (unpaired) electrons. The van der Waals surface area contributed by atoms with Gasteiger partial charge in [-0.2, -0.15) is 0 Å². The Kier molecular flexibility index (Phi) is 7.73. The number of piperidine rings is 1. The van der Waals surface area contributed by atoms with E-state index in [0.29, 0.717) is 5.17 Å². The van der Waals surface area contributed by atoms with E-state index in [4.69, 9.17) is 0 Å². The first kappa shape index (κ1) is 21.1. The molecule has 0 aromatic heterocycles. The molecular weight excluding hydrogens is 378 g/mol. The highest BCUT2D eigenvalue weighted by atomic mass is 32.2. The van der Waals surface area contributed by atoms with E-state index in [1.54, 1.807) is 11.8 Å². The zero-order chi connectivity index (χ0) is 19.9. The van der Waals surface area contributed by atoms with Gasteiger partial charge in [-0.1, -0.05) is 31.0 Å². The lowest BCUT2D eigenvalue weighted by molar-refractivity contribution is -0.141. The smallest absolute Gasteiger partial charge is 0.309 e. The van der Waals surface area contributed by atoms with Crippen LogP contribution in [0.2, 0.25) is 0 Å². The molecule has 0 bridgehead atoms. The second kappa shape index (κ2) is 10.2. The summed E-state index contributed by atoms with van der Waals surface area (Å²) in [6, 6.07) is -0.773. The fourth-order valence-corrected chi connectivity index (χ4v) is 5.07. The quantitative estimate of drug-likeness (QED) is 0.441. The molecule has 1 atom stereocenters. The van der Waals surface area contributed by atoms with E-state index in [2.05, 4.69) is 21.2 Å². The lowest BCUT2D eigenvalue weighted by Gasteiger charge is -2.31.